The average Bonchev–Trinajstić information content (AvgIpc) is 1.86. The number of rotatable bonds is 0. The molecule has 1 aliphatic rings. The summed E-state index contributed by atoms with van der Waals surface area (Å²) in [6.07, 6.45) is 2.51. The second kappa shape index (κ2) is 3.32. The van der Waals surface area contributed by atoms with Gasteiger partial charge >= 0.3 is 0 Å². The highest BCUT2D eigenvalue weighted by Crippen LogP contribution is 2.34. The molecule has 66 valence electrons. The van der Waals surface area contributed by atoms with Gasteiger partial charge in [0.25, 0.3) is 0 Å². The molecule has 1 saturated heterocycles. The van der Waals surface area contributed by atoms with E-state index in [2.05, 4.69) is 20.8 Å². The quantitative estimate of drug-likeness (QED) is 0.512. The SMILES string of the molecule is CC(C)(C)C1CCN(Cl)CC1. The first kappa shape index (κ1) is 9.34. The Hall–Kier alpha value is 0.250. The molecule has 0 spiro atoms. The molecule has 0 N–H and O–H groups in total. The van der Waals surface area contributed by atoms with E-state index in [1.54, 1.807) is 0 Å². The lowest BCUT2D eigenvalue weighted by molar-refractivity contribution is 0.156. The third-order valence-corrected chi connectivity index (χ3v) is 3.00. The molecule has 1 rings (SSSR count). The molecular weight excluding hydrogens is 158 g/mol. The first-order chi connectivity index (χ1) is 5.00. The molecule has 0 radical (unpaired) electrons. The summed E-state index contributed by atoms with van der Waals surface area (Å²) in [5.41, 5.74) is 0.470. The Morgan fingerprint density at radius 3 is 2.00 bits per heavy atom. The molecule has 0 aromatic rings. The molecular formula is C9H18ClN. The highest BCUT2D eigenvalue weighted by atomic mass is 35.5. The summed E-state index contributed by atoms with van der Waals surface area (Å²) in [6, 6.07) is 0. The minimum atomic E-state index is 0.470. The summed E-state index contributed by atoms with van der Waals surface area (Å²) in [7, 11) is 0. The largest absolute Gasteiger partial charge is 0.220 e. The summed E-state index contributed by atoms with van der Waals surface area (Å²) < 4.78 is 1.90. The van der Waals surface area contributed by atoms with Crippen molar-refractivity contribution in [2.75, 3.05) is 13.1 Å². The molecule has 0 aromatic heterocycles. The van der Waals surface area contributed by atoms with Gasteiger partial charge in [-0.3, -0.25) is 0 Å². The van der Waals surface area contributed by atoms with Gasteiger partial charge in [0.15, 0.2) is 0 Å². The predicted octanol–water partition coefficient (Wildman–Crippen LogP) is 2.90. The minimum Gasteiger partial charge on any atom is -0.220 e. The van der Waals surface area contributed by atoms with E-state index in [0.29, 0.717) is 5.41 Å². The molecule has 11 heavy (non-hydrogen) atoms. The zero-order chi connectivity index (χ0) is 8.48. The van der Waals surface area contributed by atoms with Gasteiger partial charge in [0, 0.05) is 13.1 Å². The monoisotopic (exact) mass is 175 g/mol. The fourth-order valence-corrected chi connectivity index (χ4v) is 1.91. The standard InChI is InChI=1S/C9H18ClN/c1-9(2,3)8-4-6-11(10)7-5-8/h8H,4-7H2,1-3H3. The van der Waals surface area contributed by atoms with Crippen LogP contribution >= 0.6 is 11.8 Å². The summed E-state index contributed by atoms with van der Waals surface area (Å²) in [5, 5.41) is 0. The van der Waals surface area contributed by atoms with Crippen molar-refractivity contribution >= 4 is 11.8 Å². The van der Waals surface area contributed by atoms with Crippen LogP contribution in [-0.4, -0.2) is 17.5 Å². The van der Waals surface area contributed by atoms with Gasteiger partial charge in [0.1, 0.15) is 0 Å². The van der Waals surface area contributed by atoms with E-state index < -0.39 is 0 Å². The maximum absolute atomic E-state index is 5.87. The minimum absolute atomic E-state index is 0.470. The van der Waals surface area contributed by atoms with Crippen molar-refractivity contribution in [3.63, 3.8) is 0 Å². The van der Waals surface area contributed by atoms with Gasteiger partial charge in [-0.25, -0.2) is 4.42 Å². The number of nitrogens with zero attached hydrogens (tertiary/aromatic N) is 1. The Morgan fingerprint density at radius 2 is 1.64 bits per heavy atom. The second-order valence-electron chi connectivity index (χ2n) is 4.55. The molecule has 1 heterocycles. The molecule has 0 saturated carbocycles. The molecule has 1 nitrogen and oxygen atoms in total. The number of halogens is 1. The normalized spacial score (nSPS) is 24.0. The third kappa shape index (κ3) is 2.64. The number of hydrogen-bond donors (Lipinski definition) is 0. The van der Waals surface area contributed by atoms with Crippen molar-refractivity contribution in [2.45, 2.75) is 33.6 Å². The molecule has 0 aliphatic carbocycles. The molecule has 2 heteroatoms. The van der Waals surface area contributed by atoms with E-state index in [1.165, 1.54) is 12.8 Å². The van der Waals surface area contributed by atoms with Crippen LogP contribution in [0.4, 0.5) is 0 Å². The summed E-state index contributed by atoms with van der Waals surface area (Å²) >= 11 is 5.87. The molecule has 0 unspecified atom stereocenters. The Bertz CT molecular complexity index is 120. The van der Waals surface area contributed by atoms with Gasteiger partial charge in [-0.15, -0.1) is 0 Å². The van der Waals surface area contributed by atoms with Gasteiger partial charge in [0.2, 0.25) is 0 Å². The van der Waals surface area contributed by atoms with Crippen LogP contribution < -0.4 is 0 Å². The Labute approximate surface area is 74.8 Å². The van der Waals surface area contributed by atoms with Crippen LogP contribution in [0, 0.1) is 11.3 Å². The van der Waals surface area contributed by atoms with Gasteiger partial charge < -0.3 is 0 Å². The fourth-order valence-electron chi connectivity index (χ4n) is 1.71. The third-order valence-electron chi connectivity index (χ3n) is 2.67. The van der Waals surface area contributed by atoms with Crippen LogP contribution in [0.1, 0.15) is 33.6 Å². The van der Waals surface area contributed by atoms with Crippen molar-refractivity contribution < 1.29 is 0 Å². The molecule has 0 aromatic carbocycles. The second-order valence-corrected chi connectivity index (χ2v) is 5.03. The van der Waals surface area contributed by atoms with Gasteiger partial charge in [-0.05, 0) is 36.0 Å². The first-order valence-corrected chi connectivity index (χ1v) is 4.74. The average molecular weight is 176 g/mol. The summed E-state index contributed by atoms with van der Waals surface area (Å²) in [6.45, 7) is 9.08. The topological polar surface area (TPSA) is 3.24 Å². The van der Waals surface area contributed by atoms with Crippen LogP contribution in [0.3, 0.4) is 0 Å². The van der Waals surface area contributed by atoms with Crippen molar-refractivity contribution in [3.05, 3.63) is 0 Å². The van der Waals surface area contributed by atoms with E-state index in [0.717, 1.165) is 19.0 Å². The van der Waals surface area contributed by atoms with Crippen molar-refractivity contribution in [1.29, 1.82) is 0 Å². The molecule has 0 atom stereocenters. The Kier molecular flexibility index (Phi) is 2.82. The van der Waals surface area contributed by atoms with Crippen LogP contribution in [-0.2, 0) is 0 Å². The van der Waals surface area contributed by atoms with E-state index in [1.807, 2.05) is 4.42 Å². The van der Waals surface area contributed by atoms with Gasteiger partial charge in [-0.1, -0.05) is 20.8 Å². The first-order valence-electron chi connectivity index (χ1n) is 4.41. The number of piperidine rings is 1. The Balaban J connectivity index is 2.39. The lowest BCUT2D eigenvalue weighted by Crippen LogP contribution is -2.33. The highest BCUT2D eigenvalue weighted by Gasteiger charge is 2.27. The van der Waals surface area contributed by atoms with E-state index in [4.69, 9.17) is 11.8 Å². The van der Waals surface area contributed by atoms with Gasteiger partial charge in [0.05, 0.1) is 0 Å². The lowest BCUT2D eigenvalue weighted by atomic mass is 9.76. The fraction of sp³-hybridized carbons (Fsp3) is 1.00. The predicted molar refractivity (Wildman–Crippen MR) is 49.6 cm³/mol. The highest BCUT2D eigenvalue weighted by molar-refractivity contribution is 6.13. The molecule has 1 fully saturated rings. The summed E-state index contributed by atoms with van der Waals surface area (Å²) in [5.74, 6) is 0.859. The maximum atomic E-state index is 5.87. The zero-order valence-electron chi connectivity index (χ0n) is 7.73. The van der Waals surface area contributed by atoms with E-state index >= 15 is 0 Å². The van der Waals surface area contributed by atoms with Crippen LogP contribution in [0.25, 0.3) is 0 Å². The summed E-state index contributed by atoms with van der Waals surface area (Å²) in [4.78, 5) is 0. The van der Waals surface area contributed by atoms with Crippen LogP contribution in [0.15, 0.2) is 0 Å². The van der Waals surface area contributed by atoms with Crippen molar-refractivity contribution in [1.82, 2.24) is 4.42 Å². The lowest BCUT2D eigenvalue weighted by Gasteiger charge is -2.36. The number of hydrogen-bond acceptors (Lipinski definition) is 1. The van der Waals surface area contributed by atoms with Crippen LogP contribution in [0.2, 0.25) is 0 Å². The maximum Gasteiger partial charge on any atom is 0.0141 e. The molecule has 1 aliphatic heterocycles. The smallest absolute Gasteiger partial charge is 0.0141 e. The van der Waals surface area contributed by atoms with E-state index in [9.17, 15) is 0 Å². The van der Waals surface area contributed by atoms with Crippen molar-refractivity contribution in [2.24, 2.45) is 11.3 Å². The zero-order valence-corrected chi connectivity index (χ0v) is 8.49. The van der Waals surface area contributed by atoms with Crippen molar-refractivity contribution in [3.8, 4) is 0 Å². The van der Waals surface area contributed by atoms with Gasteiger partial charge in [-0.2, -0.15) is 0 Å². The molecule has 0 amide bonds. The molecule has 0 bridgehead atoms. The van der Waals surface area contributed by atoms with E-state index in [-0.39, 0.29) is 0 Å². The Morgan fingerprint density at radius 1 is 1.18 bits per heavy atom. The van der Waals surface area contributed by atoms with Crippen LogP contribution in [0.5, 0.6) is 0 Å².